The van der Waals surface area contributed by atoms with Crippen LogP contribution in [0.25, 0.3) is 0 Å². The Labute approximate surface area is 153 Å². The zero-order chi connectivity index (χ0) is 17.9. The van der Waals surface area contributed by atoms with Crippen LogP contribution in [0, 0.1) is 0 Å². The molecule has 140 valence electrons. The van der Waals surface area contributed by atoms with E-state index in [4.69, 9.17) is 18.7 Å². The molecule has 0 amide bonds. The van der Waals surface area contributed by atoms with Crippen molar-refractivity contribution in [1.29, 1.82) is 0 Å². The Kier molecular flexibility index (Phi) is 5.08. The third kappa shape index (κ3) is 3.54. The lowest BCUT2D eigenvalue weighted by Crippen LogP contribution is -2.30. The van der Waals surface area contributed by atoms with Gasteiger partial charge in [-0.05, 0) is 42.5 Å². The standard InChI is InChI=1S/C19H25N3O4/c1-23-16-9-14-3-6-22(11-15(14)10-17(16)24-2)12-18-20-19(26-21-18)13-4-7-25-8-5-13/h9-10,13H,3-8,11-12H2,1-2H3. The topological polar surface area (TPSA) is 69.9 Å². The Bertz CT molecular complexity index is 755. The number of benzene rings is 1. The van der Waals surface area contributed by atoms with Crippen LogP contribution in [0.2, 0.25) is 0 Å². The van der Waals surface area contributed by atoms with Crippen molar-refractivity contribution in [3.05, 3.63) is 35.0 Å². The summed E-state index contributed by atoms with van der Waals surface area (Å²) >= 11 is 0. The van der Waals surface area contributed by atoms with Gasteiger partial charge in [0, 0.05) is 32.2 Å². The molecule has 4 rings (SSSR count). The van der Waals surface area contributed by atoms with Crippen LogP contribution >= 0.6 is 0 Å². The highest BCUT2D eigenvalue weighted by molar-refractivity contribution is 5.48. The summed E-state index contributed by atoms with van der Waals surface area (Å²) in [6, 6.07) is 4.16. The van der Waals surface area contributed by atoms with Gasteiger partial charge in [-0.1, -0.05) is 5.16 Å². The number of hydrogen-bond acceptors (Lipinski definition) is 7. The first kappa shape index (κ1) is 17.3. The molecule has 7 nitrogen and oxygen atoms in total. The number of hydrogen-bond donors (Lipinski definition) is 0. The van der Waals surface area contributed by atoms with Crippen molar-refractivity contribution in [2.45, 2.75) is 38.3 Å². The van der Waals surface area contributed by atoms with Crippen LogP contribution in [0.15, 0.2) is 16.7 Å². The lowest BCUT2D eigenvalue weighted by atomic mass is 9.99. The van der Waals surface area contributed by atoms with Crippen molar-refractivity contribution >= 4 is 0 Å². The summed E-state index contributed by atoms with van der Waals surface area (Å²) in [7, 11) is 3.34. The molecule has 2 aliphatic rings. The Morgan fingerprint density at radius 1 is 1.12 bits per heavy atom. The van der Waals surface area contributed by atoms with E-state index < -0.39 is 0 Å². The SMILES string of the molecule is COc1cc2c(cc1OC)CN(Cc1noc(C3CCOCC3)n1)CC2. The minimum absolute atomic E-state index is 0.337. The fourth-order valence-electron chi connectivity index (χ4n) is 3.72. The quantitative estimate of drug-likeness (QED) is 0.812. The molecule has 1 saturated heterocycles. The Balaban J connectivity index is 1.43. The third-order valence-corrected chi connectivity index (χ3v) is 5.22. The monoisotopic (exact) mass is 359 g/mol. The predicted molar refractivity (Wildman–Crippen MR) is 94.5 cm³/mol. The molecule has 7 heteroatoms. The molecular formula is C19H25N3O4. The molecule has 1 aromatic heterocycles. The van der Waals surface area contributed by atoms with Crippen molar-refractivity contribution in [2.75, 3.05) is 34.0 Å². The van der Waals surface area contributed by atoms with E-state index in [0.29, 0.717) is 12.5 Å². The minimum Gasteiger partial charge on any atom is -0.493 e. The van der Waals surface area contributed by atoms with E-state index in [-0.39, 0.29) is 0 Å². The van der Waals surface area contributed by atoms with Crippen molar-refractivity contribution in [3.8, 4) is 11.5 Å². The van der Waals surface area contributed by atoms with Gasteiger partial charge in [0.05, 0.1) is 20.8 Å². The average Bonchev–Trinajstić information content (AvgIpc) is 3.16. The van der Waals surface area contributed by atoms with Gasteiger partial charge in [0.25, 0.3) is 0 Å². The smallest absolute Gasteiger partial charge is 0.229 e. The zero-order valence-corrected chi connectivity index (χ0v) is 15.4. The Morgan fingerprint density at radius 3 is 2.58 bits per heavy atom. The van der Waals surface area contributed by atoms with Crippen LogP contribution < -0.4 is 9.47 Å². The van der Waals surface area contributed by atoms with Gasteiger partial charge in [-0.3, -0.25) is 4.90 Å². The fourth-order valence-corrected chi connectivity index (χ4v) is 3.72. The highest BCUT2D eigenvalue weighted by Gasteiger charge is 2.24. The number of methoxy groups -OCH3 is 2. The second kappa shape index (κ2) is 7.63. The van der Waals surface area contributed by atoms with E-state index in [1.54, 1.807) is 14.2 Å². The van der Waals surface area contributed by atoms with Crippen LogP contribution in [-0.4, -0.2) is 49.0 Å². The number of fused-ring (bicyclic) bond motifs is 1. The van der Waals surface area contributed by atoms with Gasteiger partial charge < -0.3 is 18.7 Å². The molecule has 2 aromatic rings. The zero-order valence-electron chi connectivity index (χ0n) is 15.4. The van der Waals surface area contributed by atoms with Crippen LogP contribution in [0.3, 0.4) is 0 Å². The van der Waals surface area contributed by atoms with Crippen LogP contribution in [-0.2, 0) is 24.2 Å². The van der Waals surface area contributed by atoms with Crippen molar-refractivity contribution in [3.63, 3.8) is 0 Å². The molecule has 2 aliphatic heterocycles. The molecule has 0 spiro atoms. The lowest BCUT2D eigenvalue weighted by Gasteiger charge is -2.28. The lowest BCUT2D eigenvalue weighted by molar-refractivity contribution is 0.0778. The van der Waals surface area contributed by atoms with Gasteiger partial charge in [-0.25, -0.2) is 0 Å². The molecule has 0 aliphatic carbocycles. The van der Waals surface area contributed by atoms with Crippen molar-refractivity contribution < 1.29 is 18.7 Å². The maximum Gasteiger partial charge on any atom is 0.229 e. The maximum absolute atomic E-state index is 5.50. The summed E-state index contributed by atoms with van der Waals surface area (Å²) in [6.07, 6.45) is 2.89. The molecule has 0 atom stereocenters. The van der Waals surface area contributed by atoms with Gasteiger partial charge in [0.15, 0.2) is 17.3 Å². The van der Waals surface area contributed by atoms with Crippen LogP contribution in [0.5, 0.6) is 11.5 Å². The van der Waals surface area contributed by atoms with Gasteiger partial charge in [-0.15, -0.1) is 0 Å². The van der Waals surface area contributed by atoms with E-state index in [1.807, 2.05) is 0 Å². The summed E-state index contributed by atoms with van der Waals surface area (Å²) in [4.78, 5) is 6.97. The molecule has 0 bridgehead atoms. The van der Waals surface area contributed by atoms with E-state index in [2.05, 4.69) is 27.2 Å². The molecular weight excluding hydrogens is 334 g/mol. The highest BCUT2D eigenvalue weighted by Crippen LogP contribution is 2.33. The number of aromatic nitrogens is 2. The van der Waals surface area contributed by atoms with Gasteiger partial charge in [0.1, 0.15) is 0 Å². The molecule has 0 unspecified atom stereocenters. The molecule has 0 radical (unpaired) electrons. The Morgan fingerprint density at radius 2 is 1.85 bits per heavy atom. The second-order valence-electron chi connectivity index (χ2n) is 6.87. The molecule has 0 saturated carbocycles. The van der Waals surface area contributed by atoms with Gasteiger partial charge in [-0.2, -0.15) is 4.98 Å². The normalized spacial score (nSPS) is 18.5. The molecule has 3 heterocycles. The first-order valence-electron chi connectivity index (χ1n) is 9.13. The summed E-state index contributed by atoms with van der Waals surface area (Å²) in [5.74, 6) is 3.42. The molecule has 1 aromatic carbocycles. The van der Waals surface area contributed by atoms with Crippen molar-refractivity contribution in [1.82, 2.24) is 15.0 Å². The number of ether oxygens (including phenoxy) is 3. The third-order valence-electron chi connectivity index (χ3n) is 5.22. The first-order chi connectivity index (χ1) is 12.8. The summed E-state index contributed by atoms with van der Waals surface area (Å²) in [5.41, 5.74) is 2.58. The number of rotatable bonds is 5. The number of nitrogens with zero attached hydrogens (tertiary/aromatic N) is 3. The second-order valence-corrected chi connectivity index (χ2v) is 6.87. The fraction of sp³-hybridized carbons (Fsp3) is 0.579. The molecule has 0 N–H and O–H groups in total. The maximum atomic E-state index is 5.50. The first-order valence-corrected chi connectivity index (χ1v) is 9.13. The summed E-state index contributed by atoms with van der Waals surface area (Å²) in [6.45, 7) is 4.05. The van der Waals surface area contributed by atoms with Crippen molar-refractivity contribution in [2.24, 2.45) is 0 Å². The van der Waals surface area contributed by atoms with Crippen LogP contribution in [0.1, 0.15) is 41.6 Å². The summed E-state index contributed by atoms with van der Waals surface area (Å²) in [5, 5.41) is 4.19. The predicted octanol–water partition coefficient (Wildman–Crippen LogP) is 2.54. The Hall–Kier alpha value is -2.12. The van der Waals surface area contributed by atoms with E-state index in [9.17, 15) is 0 Å². The van der Waals surface area contributed by atoms with E-state index in [0.717, 1.165) is 68.8 Å². The van der Waals surface area contributed by atoms with Crippen LogP contribution in [0.4, 0.5) is 0 Å². The van der Waals surface area contributed by atoms with Gasteiger partial charge >= 0.3 is 0 Å². The largest absolute Gasteiger partial charge is 0.493 e. The minimum atomic E-state index is 0.337. The van der Waals surface area contributed by atoms with Gasteiger partial charge in [0.2, 0.25) is 5.89 Å². The highest BCUT2D eigenvalue weighted by atomic mass is 16.5. The van der Waals surface area contributed by atoms with E-state index in [1.165, 1.54) is 11.1 Å². The summed E-state index contributed by atoms with van der Waals surface area (Å²) < 4.78 is 21.7. The average molecular weight is 359 g/mol. The van der Waals surface area contributed by atoms with E-state index >= 15 is 0 Å². The molecule has 1 fully saturated rings. The molecule has 26 heavy (non-hydrogen) atoms.